The van der Waals surface area contributed by atoms with E-state index in [2.05, 4.69) is 21.8 Å². The molecule has 4 rings (SSSR count). The Hall–Kier alpha value is -2.48. The fourth-order valence-corrected chi connectivity index (χ4v) is 5.32. The van der Waals surface area contributed by atoms with E-state index in [0.717, 1.165) is 54.6 Å². The van der Waals surface area contributed by atoms with Gasteiger partial charge in [-0.2, -0.15) is 0 Å². The first-order valence-corrected chi connectivity index (χ1v) is 11.7. The first kappa shape index (κ1) is 20.8. The third-order valence-electron chi connectivity index (χ3n) is 5.80. The van der Waals surface area contributed by atoms with Crippen molar-refractivity contribution in [2.75, 3.05) is 38.1 Å². The minimum absolute atomic E-state index is 0.104. The number of aromatic nitrogens is 1. The minimum atomic E-state index is -3.75. The highest BCUT2D eigenvalue weighted by atomic mass is 32.2. The number of hydrogen-bond acceptors (Lipinski definition) is 6. The first-order chi connectivity index (χ1) is 14.4. The van der Waals surface area contributed by atoms with Crippen LogP contribution in [0.15, 0.2) is 58.5 Å². The molecule has 0 aliphatic carbocycles. The lowest BCUT2D eigenvalue weighted by atomic mass is 10.1. The molecule has 0 bridgehead atoms. The van der Waals surface area contributed by atoms with E-state index in [1.807, 2.05) is 37.3 Å². The van der Waals surface area contributed by atoms with Crippen LogP contribution < -0.4 is 4.90 Å². The Kier molecular flexibility index (Phi) is 5.77. The van der Waals surface area contributed by atoms with Gasteiger partial charge < -0.3 is 14.9 Å². The van der Waals surface area contributed by atoms with Crippen molar-refractivity contribution < 1.29 is 13.5 Å². The van der Waals surface area contributed by atoms with Gasteiger partial charge in [0.2, 0.25) is 9.84 Å². The lowest BCUT2D eigenvalue weighted by Gasteiger charge is -2.35. The highest BCUT2D eigenvalue weighted by Crippen LogP contribution is 2.36. The van der Waals surface area contributed by atoms with Crippen LogP contribution in [-0.4, -0.2) is 56.6 Å². The SMILES string of the molecule is CCc1ccc(S(=O)(=O)c2cnc3ccc(CO)cc3c2N2CCN(C)CC2)cc1. The Labute approximate surface area is 177 Å². The van der Waals surface area contributed by atoms with Crippen LogP contribution in [0.5, 0.6) is 0 Å². The van der Waals surface area contributed by atoms with Gasteiger partial charge >= 0.3 is 0 Å². The Morgan fingerprint density at radius 3 is 2.30 bits per heavy atom. The predicted octanol–water partition coefficient (Wildman–Crippen LogP) is 2.87. The summed E-state index contributed by atoms with van der Waals surface area (Å²) in [5.74, 6) is 0. The fraction of sp³-hybridized carbons (Fsp3) is 0.348. The first-order valence-electron chi connectivity index (χ1n) is 10.2. The number of aliphatic hydroxyl groups excluding tert-OH is 1. The number of rotatable bonds is 5. The Morgan fingerprint density at radius 1 is 1.00 bits per heavy atom. The molecule has 3 aromatic rings. The summed E-state index contributed by atoms with van der Waals surface area (Å²) < 4.78 is 27.3. The molecule has 2 heterocycles. The smallest absolute Gasteiger partial charge is 0.210 e. The summed E-state index contributed by atoms with van der Waals surface area (Å²) in [5, 5.41) is 10.4. The maximum atomic E-state index is 13.6. The second kappa shape index (κ2) is 8.34. The molecule has 1 aromatic heterocycles. The molecule has 0 amide bonds. The average molecular weight is 426 g/mol. The zero-order valence-electron chi connectivity index (χ0n) is 17.4. The van der Waals surface area contributed by atoms with Crippen LogP contribution in [0.2, 0.25) is 0 Å². The molecule has 7 heteroatoms. The van der Waals surface area contributed by atoms with Crippen LogP contribution in [0.3, 0.4) is 0 Å². The van der Waals surface area contributed by atoms with Crippen LogP contribution in [0.4, 0.5) is 5.69 Å². The topological polar surface area (TPSA) is 73.7 Å². The van der Waals surface area contributed by atoms with E-state index < -0.39 is 9.84 Å². The van der Waals surface area contributed by atoms with E-state index in [0.29, 0.717) is 5.69 Å². The minimum Gasteiger partial charge on any atom is -0.392 e. The predicted molar refractivity (Wildman–Crippen MR) is 119 cm³/mol. The van der Waals surface area contributed by atoms with Gasteiger partial charge in [-0.15, -0.1) is 0 Å². The molecule has 158 valence electrons. The van der Waals surface area contributed by atoms with Gasteiger partial charge in [-0.1, -0.05) is 25.1 Å². The van der Waals surface area contributed by atoms with Gasteiger partial charge in [-0.05, 0) is 48.9 Å². The maximum absolute atomic E-state index is 13.6. The molecule has 1 aliphatic rings. The second-order valence-corrected chi connectivity index (χ2v) is 9.69. The van der Waals surface area contributed by atoms with Crippen LogP contribution in [0, 0.1) is 0 Å². The van der Waals surface area contributed by atoms with Gasteiger partial charge in [0.25, 0.3) is 0 Å². The standard InChI is InChI=1S/C23H27N3O3S/c1-3-17-4-7-19(8-5-17)30(28,29)22-15-24-21-9-6-18(16-27)14-20(21)23(22)26-12-10-25(2)11-13-26/h4-9,14-15,27H,3,10-13,16H2,1-2H3. The van der Waals surface area contributed by atoms with Crippen molar-refractivity contribution in [1.29, 1.82) is 0 Å². The van der Waals surface area contributed by atoms with Crippen molar-refractivity contribution in [3.05, 3.63) is 59.8 Å². The van der Waals surface area contributed by atoms with Crippen LogP contribution in [-0.2, 0) is 22.9 Å². The number of aryl methyl sites for hydroxylation is 1. The number of likely N-dealkylation sites (N-methyl/N-ethyl adjacent to an activating group) is 1. The van der Waals surface area contributed by atoms with E-state index in [1.54, 1.807) is 12.1 Å². The van der Waals surface area contributed by atoms with Crippen molar-refractivity contribution in [3.63, 3.8) is 0 Å². The third kappa shape index (κ3) is 3.80. The summed E-state index contributed by atoms with van der Waals surface area (Å²) in [6.07, 6.45) is 2.34. The zero-order chi connectivity index (χ0) is 21.3. The monoisotopic (exact) mass is 425 g/mol. The molecule has 0 unspecified atom stereocenters. The van der Waals surface area contributed by atoms with Gasteiger partial charge in [-0.25, -0.2) is 8.42 Å². The number of aliphatic hydroxyl groups is 1. The number of nitrogens with zero attached hydrogens (tertiary/aromatic N) is 3. The molecule has 0 atom stereocenters. The normalized spacial score (nSPS) is 15.6. The number of anilines is 1. The van der Waals surface area contributed by atoms with Gasteiger partial charge in [0.05, 0.1) is 22.7 Å². The molecule has 1 saturated heterocycles. The summed E-state index contributed by atoms with van der Waals surface area (Å²) in [4.78, 5) is 9.32. The summed E-state index contributed by atoms with van der Waals surface area (Å²) in [5.41, 5.74) is 3.24. The molecule has 0 radical (unpaired) electrons. The molecule has 1 fully saturated rings. The summed E-state index contributed by atoms with van der Waals surface area (Å²) in [6, 6.07) is 12.6. The van der Waals surface area contributed by atoms with E-state index in [4.69, 9.17) is 0 Å². The van der Waals surface area contributed by atoms with Crippen molar-refractivity contribution in [1.82, 2.24) is 9.88 Å². The molecular weight excluding hydrogens is 398 g/mol. The fourth-order valence-electron chi connectivity index (χ4n) is 3.89. The van der Waals surface area contributed by atoms with Crippen LogP contribution in [0.1, 0.15) is 18.1 Å². The van der Waals surface area contributed by atoms with Crippen LogP contribution in [0.25, 0.3) is 10.9 Å². The molecule has 0 spiro atoms. The lowest BCUT2D eigenvalue weighted by Crippen LogP contribution is -2.45. The molecule has 1 aliphatic heterocycles. The van der Waals surface area contributed by atoms with Gasteiger partial charge in [0.1, 0.15) is 4.90 Å². The molecular formula is C23H27N3O3S. The van der Waals surface area contributed by atoms with Crippen molar-refractivity contribution >= 4 is 26.4 Å². The van der Waals surface area contributed by atoms with Gasteiger partial charge in [0.15, 0.2) is 0 Å². The van der Waals surface area contributed by atoms with Crippen molar-refractivity contribution in [3.8, 4) is 0 Å². The quantitative estimate of drug-likeness (QED) is 0.678. The maximum Gasteiger partial charge on any atom is 0.210 e. The van der Waals surface area contributed by atoms with Crippen molar-refractivity contribution in [2.45, 2.75) is 29.7 Å². The second-order valence-electron chi connectivity index (χ2n) is 7.77. The third-order valence-corrected chi connectivity index (χ3v) is 7.57. The highest BCUT2D eigenvalue weighted by molar-refractivity contribution is 7.91. The molecule has 1 N–H and O–H groups in total. The molecule has 2 aromatic carbocycles. The molecule has 6 nitrogen and oxygen atoms in total. The summed E-state index contributed by atoms with van der Waals surface area (Å²) in [7, 11) is -1.68. The summed E-state index contributed by atoms with van der Waals surface area (Å²) in [6.45, 7) is 5.11. The zero-order valence-corrected chi connectivity index (χ0v) is 18.2. The molecule has 30 heavy (non-hydrogen) atoms. The van der Waals surface area contributed by atoms with Crippen LogP contribution >= 0.6 is 0 Å². The van der Waals surface area contributed by atoms with E-state index in [-0.39, 0.29) is 16.4 Å². The average Bonchev–Trinajstić information content (AvgIpc) is 2.78. The van der Waals surface area contributed by atoms with Gasteiger partial charge in [0, 0.05) is 37.8 Å². The number of piperazine rings is 1. The Bertz CT molecular complexity index is 1150. The van der Waals surface area contributed by atoms with E-state index in [9.17, 15) is 13.5 Å². The van der Waals surface area contributed by atoms with Gasteiger partial charge in [-0.3, -0.25) is 4.98 Å². The number of fused-ring (bicyclic) bond motifs is 1. The van der Waals surface area contributed by atoms with E-state index >= 15 is 0 Å². The Balaban J connectivity index is 1.92. The Morgan fingerprint density at radius 2 is 1.67 bits per heavy atom. The van der Waals surface area contributed by atoms with E-state index in [1.165, 1.54) is 6.20 Å². The van der Waals surface area contributed by atoms with Crippen molar-refractivity contribution in [2.24, 2.45) is 0 Å². The summed E-state index contributed by atoms with van der Waals surface area (Å²) >= 11 is 0. The lowest BCUT2D eigenvalue weighted by molar-refractivity contribution is 0.282. The number of sulfone groups is 1. The number of pyridine rings is 1. The number of hydrogen-bond donors (Lipinski definition) is 1. The molecule has 0 saturated carbocycles. The number of benzene rings is 2. The largest absolute Gasteiger partial charge is 0.392 e. The highest BCUT2D eigenvalue weighted by Gasteiger charge is 2.28.